The number of aliphatic hydroxyl groups is 1. The monoisotopic (exact) mass is 355 g/mol. The van der Waals surface area contributed by atoms with Crippen molar-refractivity contribution in [3.05, 3.63) is 59.2 Å². The van der Waals surface area contributed by atoms with Crippen molar-refractivity contribution in [2.45, 2.75) is 19.4 Å². The minimum atomic E-state index is -0.0440. The molecular formula is C21H25NO4. The largest absolute Gasteiger partial charge is 0.496 e. The van der Waals surface area contributed by atoms with Crippen molar-refractivity contribution in [1.82, 2.24) is 4.90 Å². The van der Waals surface area contributed by atoms with Crippen molar-refractivity contribution < 1.29 is 19.4 Å². The van der Waals surface area contributed by atoms with Gasteiger partial charge in [-0.1, -0.05) is 30.3 Å². The van der Waals surface area contributed by atoms with Crippen molar-refractivity contribution >= 4 is 5.91 Å². The molecule has 1 N–H and O–H groups in total. The number of ether oxygens (including phenoxy) is 2. The normalized spacial score (nSPS) is 16.6. The molecule has 1 amide bonds. The van der Waals surface area contributed by atoms with Crippen molar-refractivity contribution in [3.8, 4) is 11.5 Å². The van der Waals surface area contributed by atoms with Crippen LogP contribution in [-0.4, -0.2) is 43.2 Å². The standard InChI is InChI=1S/C21H25NO4/c1-25-18-4-3-5-19(26-2)20(18)21(24)22-11-10-17(13-22)12-15-6-8-16(14-23)9-7-15/h3-9,17,23H,10-14H2,1-2H3/t17-/m0/s1. The van der Waals surface area contributed by atoms with Gasteiger partial charge in [0.2, 0.25) is 0 Å². The first-order valence-corrected chi connectivity index (χ1v) is 8.85. The molecule has 0 radical (unpaired) electrons. The molecule has 1 heterocycles. The van der Waals surface area contributed by atoms with Gasteiger partial charge in [0, 0.05) is 13.1 Å². The van der Waals surface area contributed by atoms with Crippen molar-refractivity contribution in [2.24, 2.45) is 5.92 Å². The van der Waals surface area contributed by atoms with Gasteiger partial charge >= 0.3 is 0 Å². The lowest BCUT2D eigenvalue weighted by atomic mass is 9.98. The topological polar surface area (TPSA) is 59.0 Å². The summed E-state index contributed by atoms with van der Waals surface area (Å²) in [5.74, 6) is 1.46. The van der Waals surface area contributed by atoms with Crippen LogP contribution in [0.1, 0.15) is 27.9 Å². The third-order valence-electron chi connectivity index (χ3n) is 4.94. The highest BCUT2D eigenvalue weighted by Gasteiger charge is 2.30. The summed E-state index contributed by atoms with van der Waals surface area (Å²) in [6.45, 7) is 1.52. The lowest BCUT2D eigenvalue weighted by Gasteiger charge is -2.20. The number of likely N-dealkylation sites (tertiary alicyclic amines) is 1. The van der Waals surface area contributed by atoms with E-state index in [4.69, 9.17) is 14.6 Å². The molecule has 3 rings (SSSR count). The van der Waals surface area contributed by atoms with Crippen LogP contribution in [0.4, 0.5) is 0 Å². The summed E-state index contributed by atoms with van der Waals surface area (Å²) in [4.78, 5) is 14.9. The number of amides is 1. The van der Waals surface area contributed by atoms with Crippen LogP contribution in [0.3, 0.4) is 0 Å². The predicted molar refractivity (Wildman–Crippen MR) is 99.6 cm³/mol. The Kier molecular flexibility index (Phi) is 5.78. The average molecular weight is 355 g/mol. The van der Waals surface area contributed by atoms with E-state index in [9.17, 15) is 4.79 Å². The van der Waals surface area contributed by atoms with Gasteiger partial charge in [0.05, 0.1) is 20.8 Å². The van der Waals surface area contributed by atoms with Gasteiger partial charge in [-0.15, -0.1) is 0 Å². The van der Waals surface area contributed by atoms with Gasteiger partial charge in [-0.25, -0.2) is 0 Å². The summed E-state index contributed by atoms with van der Waals surface area (Å²) < 4.78 is 10.7. The first-order valence-electron chi connectivity index (χ1n) is 8.85. The van der Waals surface area contributed by atoms with E-state index in [0.717, 1.165) is 31.5 Å². The van der Waals surface area contributed by atoms with Crippen LogP contribution in [0, 0.1) is 5.92 Å². The summed E-state index contributed by atoms with van der Waals surface area (Å²) in [5, 5.41) is 9.14. The minimum Gasteiger partial charge on any atom is -0.496 e. The second kappa shape index (κ2) is 8.23. The molecule has 1 fully saturated rings. The molecule has 1 atom stereocenters. The predicted octanol–water partition coefficient (Wildman–Crippen LogP) is 2.90. The van der Waals surface area contributed by atoms with Crippen LogP contribution in [0.5, 0.6) is 11.5 Å². The fraction of sp³-hybridized carbons (Fsp3) is 0.381. The van der Waals surface area contributed by atoms with Gasteiger partial charge in [-0.2, -0.15) is 0 Å². The van der Waals surface area contributed by atoms with Crippen LogP contribution in [0.15, 0.2) is 42.5 Å². The number of hydrogen-bond acceptors (Lipinski definition) is 4. The molecule has 2 aromatic rings. The lowest BCUT2D eigenvalue weighted by Crippen LogP contribution is -2.29. The van der Waals surface area contributed by atoms with Crippen LogP contribution in [0.25, 0.3) is 0 Å². The number of nitrogens with zero attached hydrogens (tertiary/aromatic N) is 1. The zero-order chi connectivity index (χ0) is 18.5. The number of carbonyl (C=O) groups is 1. The number of rotatable bonds is 6. The molecule has 0 saturated carbocycles. The van der Waals surface area contributed by atoms with E-state index in [1.165, 1.54) is 5.56 Å². The Bertz CT molecular complexity index is 735. The van der Waals surface area contributed by atoms with E-state index >= 15 is 0 Å². The third kappa shape index (κ3) is 3.83. The summed E-state index contributed by atoms with van der Waals surface area (Å²) in [7, 11) is 3.13. The van der Waals surface area contributed by atoms with E-state index < -0.39 is 0 Å². The van der Waals surface area contributed by atoms with Gasteiger partial charge in [0.15, 0.2) is 0 Å². The maximum absolute atomic E-state index is 13.0. The van der Waals surface area contributed by atoms with E-state index in [2.05, 4.69) is 12.1 Å². The first kappa shape index (κ1) is 18.3. The molecule has 0 spiro atoms. The fourth-order valence-electron chi connectivity index (χ4n) is 3.52. The Morgan fingerprint density at radius 3 is 2.27 bits per heavy atom. The highest BCUT2D eigenvalue weighted by molar-refractivity contribution is 5.99. The Morgan fingerprint density at radius 2 is 1.69 bits per heavy atom. The Labute approximate surface area is 154 Å². The number of hydrogen-bond donors (Lipinski definition) is 1. The molecular weight excluding hydrogens is 330 g/mol. The van der Waals surface area contributed by atoms with Crippen LogP contribution in [-0.2, 0) is 13.0 Å². The molecule has 5 nitrogen and oxygen atoms in total. The number of benzene rings is 2. The van der Waals surface area contributed by atoms with Gasteiger partial charge < -0.3 is 19.5 Å². The van der Waals surface area contributed by atoms with E-state index in [0.29, 0.717) is 23.0 Å². The summed E-state index contributed by atoms with van der Waals surface area (Å²) >= 11 is 0. The SMILES string of the molecule is COc1cccc(OC)c1C(=O)N1CC[C@@H](Cc2ccc(CO)cc2)C1. The zero-order valence-corrected chi connectivity index (χ0v) is 15.3. The van der Waals surface area contributed by atoms with Crippen LogP contribution >= 0.6 is 0 Å². The summed E-state index contributed by atoms with van der Waals surface area (Å²) in [5.41, 5.74) is 2.64. The van der Waals surface area contributed by atoms with Gasteiger partial charge in [-0.3, -0.25) is 4.79 Å². The molecule has 1 aliphatic heterocycles. The number of carbonyl (C=O) groups excluding carboxylic acids is 1. The molecule has 26 heavy (non-hydrogen) atoms. The van der Waals surface area contributed by atoms with E-state index in [1.54, 1.807) is 26.4 Å². The highest BCUT2D eigenvalue weighted by Crippen LogP contribution is 2.31. The first-order chi connectivity index (χ1) is 12.7. The van der Waals surface area contributed by atoms with Crippen molar-refractivity contribution in [2.75, 3.05) is 27.3 Å². The van der Waals surface area contributed by atoms with E-state index in [-0.39, 0.29) is 12.5 Å². The molecule has 0 aliphatic carbocycles. The average Bonchev–Trinajstić information content (AvgIpc) is 3.15. The Morgan fingerprint density at radius 1 is 1.08 bits per heavy atom. The van der Waals surface area contributed by atoms with Crippen molar-refractivity contribution in [1.29, 1.82) is 0 Å². The van der Waals surface area contributed by atoms with E-state index in [1.807, 2.05) is 23.1 Å². The van der Waals surface area contributed by atoms with Crippen molar-refractivity contribution in [3.63, 3.8) is 0 Å². The molecule has 1 saturated heterocycles. The Balaban J connectivity index is 1.69. The summed E-state index contributed by atoms with van der Waals surface area (Å²) in [6.07, 6.45) is 1.91. The molecule has 5 heteroatoms. The Hall–Kier alpha value is -2.53. The fourth-order valence-corrected chi connectivity index (χ4v) is 3.52. The quantitative estimate of drug-likeness (QED) is 0.866. The van der Waals surface area contributed by atoms with Gasteiger partial charge in [0.25, 0.3) is 5.91 Å². The molecule has 0 bridgehead atoms. The lowest BCUT2D eigenvalue weighted by molar-refractivity contribution is 0.0780. The highest BCUT2D eigenvalue weighted by atomic mass is 16.5. The van der Waals surface area contributed by atoms with Crippen LogP contribution < -0.4 is 9.47 Å². The molecule has 1 aliphatic rings. The minimum absolute atomic E-state index is 0.0440. The summed E-state index contributed by atoms with van der Waals surface area (Å²) in [6, 6.07) is 13.4. The van der Waals surface area contributed by atoms with Gasteiger partial charge in [0.1, 0.15) is 17.1 Å². The smallest absolute Gasteiger partial charge is 0.261 e. The zero-order valence-electron chi connectivity index (χ0n) is 15.3. The van der Waals surface area contributed by atoms with Gasteiger partial charge in [-0.05, 0) is 42.0 Å². The maximum Gasteiger partial charge on any atom is 0.261 e. The second-order valence-corrected chi connectivity index (χ2v) is 6.62. The number of aliphatic hydroxyl groups excluding tert-OH is 1. The third-order valence-corrected chi connectivity index (χ3v) is 4.94. The molecule has 0 aromatic heterocycles. The van der Waals surface area contributed by atoms with Crippen LogP contribution in [0.2, 0.25) is 0 Å². The molecule has 0 unspecified atom stereocenters. The molecule has 138 valence electrons. The maximum atomic E-state index is 13.0. The second-order valence-electron chi connectivity index (χ2n) is 6.62. The molecule has 2 aromatic carbocycles. The number of methoxy groups -OCH3 is 2.